The molecule has 0 aliphatic carbocycles. The minimum Gasteiger partial charge on any atom is -0.494 e. The lowest BCUT2D eigenvalue weighted by Crippen LogP contribution is -2.30. The highest BCUT2D eigenvalue weighted by Gasteiger charge is 2.34. The molecule has 5 rings (SSSR count). The molecule has 1 aliphatic heterocycles. The third-order valence-corrected chi connectivity index (χ3v) is 6.18. The summed E-state index contributed by atoms with van der Waals surface area (Å²) in [4.78, 5) is 19.9. The molecule has 0 spiro atoms. The largest absolute Gasteiger partial charge is 0.494 e. The van der Waals surface area contributed by atoms with Crippen LogP contribution in [0.4, 0.5) is 0 Å². The highest BCUT2D eigenvalue weighted by Crippen LogP contribution is 2.35. The number of amides is 1. The van der Waals surface area contributed by atoms with Crippen LogP contribution in [-0.2, 0) is 0 Å². The lowest BCUT2D eigenvalue weighted by atomic mass is 10.1. The van der Waals surface area contributed by atoms with Gasteiger partial charge in [-0.25, -0.2) is 4.98 Å². The SMILES string of the molecule is CCCCOc1ccc(C(=O)N2CCC[C@@H]2c2nc3cc(-c4ccccc4)ccc3o2)cc1. The molecule has 0 N–H and O–H groups in total. The first-order valence-electron chi connectivity index (χ1n) is 11.7. The number of aromatic nitrogens is 1. The normalized spacial score (nSPS) is 15.8. The van der Waals surface area contributed by atoms with Gasteiger partial charge in [0.25, 0.3) is 5.91 Å². The molecule has 1 amide bonds. The van der Waals surface area contributed by atoms with Crippen molar-refractivity contribution in [1.82, 2.24) is 9.88 Å². The van der Waals surface area contributed by atoms with Crippen LogP contribution in [0, 0.1) is 0 Å². The number of nitrogens with zero attached hydrogens (tertiary/aromatic N) is 2. The van der Waals surface area contributed by atoms with Crippen LogP contribution >= 0.6 is 0 Å². The van der Waals surface area contributed by atoms with Crippen LogP contribution < -0.4 is 4.74 Å². The van der Waals surface area contributed by atoms with Gasteiger partial charge in [-0.05, 0) is 66.8 Å². The van der Waals surface area contributed by atoms with E-state index in [4.69, 9.17) is 14.1 Å². The van der Waals surface area contributed by atoms with E-state index in [9.17, 15) is 4.79 Å². The third kappa shape index (κ3) is 4.49. The lowest BCUT2D eigenvalue weighted by Gasteiger charge is -2.22. The Kier molecular flexibility index (Phi) is 6.11. The summed E-state index contributed by atoms with van der Waals surface area (Å²) < 4.78 is 11.8. The quantitative estimate of drug-likeness (QED) is 0.302. The summed E-state index contributed by atoms with van der Waals surface area (Å²) in [6.07, 6.45) is 3.90. The number of carbonyl (C=O) groups excluding carboxylic acids is 1. The smallest absolute Gasteiger partial charge is 0.254 e. The number of rotatable bonds is 7. The molecule has 5 heteroatoms. The van der Waals surface area contributed by atoms with Crippen molar-refractivity contribution in [2.45, 2.75) is 38.6 Å². The maximum absolute atomic E-state index is 13.3. The molecule has 1 aromatic heterocycles. The van der Waals surface area contributed by atoms with E-state index in [1.165, 1.54) is 0 Å². The molecule has 33 heavy (non-hydrogen) atoms. The number of unbranched alkanes of at least 4 members (excludes halogenated alkanes) is 1. The Bertz CT molecular complexity index is 1230. The van der Waals surface area contributed by atoms with Crippen molar-refractivity contribution in [3.05, 3.63) is 84.3 Å². The van der Waals surface area contributed by atoms with Crippen LogP contribution in [0.5, 0.6) is 5.75 Å². The third-order valence-electron chi connectivity index (χ3n) is 6.18. The average Bonchev–Trinajstić information content (AvgIpc) is 3.51. The first-order chi connectivity index (χ1) is 16.2. The molecule has 0 bridgehead atoms. The van der Waals surface area contributed by atoms with Crippen LogP contribution in [0.1, 0.15) is 54.9 Å². The molecule has 168 valence electrons. The van der Waals surface area contributed by atoms with Crippen LogP contribution in [0.15, 0.2) is 77.2 Å². The van der Waals surface area contributed by atoms with Crippen molar-refractivity contribution in [3.8, 4) is 16.9 Å². The molecule has 4 aromatic rings. The van der Waals surface area contributed by atoms with Gasteiger partial charge in [-0.3, -0.25) is 4.79 Å². The zero-order chi connectivity index (χ0) is 22.6. The van der Waals surface area contributed by atoms with Gasteiger partial charge in [-0.2, -0.15) is 0 Å². The van der Waals surface area contributed by atoms with Crippen molar-refractivity contribution in [2.75, 3.05) is 13.2 Å². The predicted octanol–water partition coefficient (Wildman–Crippen LogP) is 6.65. The van der Waals surface area contributed by atoms with Gasteiger partial charge in [-0.1, -0.05) is 49.7 Å². The molecular weight excluding hydrogens is 412 g/mol. The number of oxazole rings is 1. The number of carbonyl (C=O) groups is 1. The number of likely N-dealkylation sites (tertiary alicyclic amines) is 1. The van der Waals surface area contributed by atoms with Gasteiger partial charge in [0.05, 0.1) is 6.61 Å². The summed E-state index contributed by atoms with van der Waals surface area (Å²) in [6, 6.07) is 23.6. The summed E-state index contributed by atoms with van der Waals surface area (Å²) in [5.74, 6) is 1.41. The Morgan fingerprint density at radius 1 is 1.06 bits per heavy atom. The zero-order valence-electron chi connectivity index (χ0n) is 18.9. The predicted molar refractivity (Wildman–Crippen MR) is 129 cm³/mol. The molecular formula is C28H28N2O3. The van der Waals surface area contributed by atoms with Crippen molar-refractivity contribution < 1.29 is 13.9 Å². The zero-order valence-corrected chi connectivity index (χ0v) is 18.9. The van der Waals surface area contributed by atoms with Crippen LogP contribution in [0.2, 0.25) is 0 Å². The summed E-state index contributed by atoms with van der Waals surface area (Å²) in [6.45, 7) is 3.53. The summed E-state index contributed by atoms with van der Waals surface area (Å²) in [5.41, 5.74) is 4.47. The van der Waals surface area contributed by atoms with Gasteiger partial charge in [0.2, 0.25) is 5.89 Å². The van der Waals surface area contributed by atoms with E-state index < -0.39 is 0 Å². The fraction of sp³-hybridized carbons (Fsp3) is 0.286. The van der Waals surface area contributed by atoms with Gasteiger partial charge in [0.1, 0.15) is 17.3 Å². The van der Waals surface area contributed by atoms with Gasteiger partial charge < -0.3 is 14.1 Å². The second-order valence-electron chi connectivity index (χ2n) is 8.48. The number of ether oxygens (including phenoxy) is 1. The fourth-order valence-electron chi connectivity index (χ4n) is 4.36. The molecule has 3 aromatic carbocycles. The second-order valence-corrected chi connectivity index (χ2v) is 8.48. The molecule has 1 saturated heterocycles. The highest BCUT2D eigenvalue weighted by molar-refractivity contribution is 5.94. The van der Waals surface area contributed by atoms with Crippen LogP contribution in [0.3, 0.4) is 0 Å². The van der Waals surface area contributed by atoms with E-state index in [0.29, 0.717) is 24.6 Å². The topological polar surface area (TPSA) is 55.6 Å². The molecule has 2 heterocycles. The Morgan fingerprint density at radius 2 is 1.88 bits per heavy atom. The molecule has 0 saturated carbocycles. The Balaban J connectivity index is 1.35. The van der Waals surface area contributed by atoms with Crippen molar-refractivity contribution in [3.63, 3.8) is 0 Å². The maximum atomic E-state index is 13.3. The fourth-order valence-corrected chi connectivity index (χ4v) is 4.36. The van der Waals surface area contributed by atoms with Gasteiger partial charge in [0.15, 0.2) is 5.58 Å². The van der Waals surface area contributed by atoms with Crippen LogP contribution in [-0.4, -0.2) is 28.9 Å². The van der Waals surface area contributed by atoms with Crippen LogP contribution in [0.25, 0.3) is 22.2 Å². The number of hydrogen-bond donors (Lipinski definition) is 0. The van der Waals surface area contributed by atoms with Gasteiger partial charge in [0, 0.05) is 12.1 Å². The number of fused-ring (bicyclic) bond motifs is 1. The molecule has 0 unspecified atom stereocenters. The summed E-state index contributed by atoms with van der Waals surface area (Å²) >= 11 is 0. The molecule has 5 nitrogen and oxygen atoms in total. The molecule has 1 aliphatic rings. The molecule has 0 radical (unpaired) electrons. The average molecular weight is 441 g/mol. The highest BCUT2D eigenvalue weighted by atomic mass is 16.5. The Hall–Kier alpha value is -3.60. The minimum absolute atomic E-state index is 0.00448. The van der Waals surface area contributed by atoms with E-state index in [1.54, 1.807) is 0 Å². The van der Waals surface area contributed by atoms with Gasteiger partial charge >= 0.3 is 0 Å². The Morgan fingerprint density at radius 3 is 2.67 bits per heavy atom. The summed E-state index contributed by atoms with van der Waals surface area (Å²) in [7, 11) is 0. The minimum atomic E-state index is -0.148. The Labute approximate surface area is 194 Å². The van der Waals surface area contributed by atoms with Crippen molar-refractivity contribution in [2.24, 2.45) is 0 Å². The van der Waals surface area contributed by atoms with E-state index in [0.717, 1.165) is 53.7 Å². The van der Waals surface area contributed by atoms with E-state index in [-0.39, 0.29) is 11.9 Å². The van der Waals surface area contributed by atoms with Gasteiger partial charge in [-0.15, -0.1) is 0 Å². The standard InChI is InChI=1S/C28H28N2O3/c1-2-3-18-32-23-14-11-21(12-15-23)28(31)30-17-7-10-25(30)27-29-24-19-22(13-16-26(24)33-27)20-8-5-4-6-9-20/h4-6,8-9,11-16,19,25H,2-3,7,10,17-18H2,1H3/t25-/m1/s1. The number of hydrogen-bond acceptors (Lipinski definition) is 4. The van der Waals surface area contributed by atoms with Crippen molar-refractivity contribution >= 4 is 17.0 Å². The van der Waals surface area contributed by atoms with Crippen molar-refractivity contribution in [1.29, 1.82) is 0 Å². The number of benzene rings is 3. The monoisotopic (exact) mass is 440 g/mol. The lowest BCUT2D eigenvalue weighted by molar-refractivity contribution is 0.0717. The first-order valence-corrected chi connectivity index (χ1v) is 11.7. The first kappa shape index (κ1) is 21.3. The summed E-state index contributed by atoms with van der Waals surface area (Å²) in [5, 5.41) is 0. The van der Waals surface area contributed by atoms with E-state index >= 15 is 0 Å². The second kappa shape index (κ2) is 9.49. The van der Waals surface area contributed by atoms with E-state index in [2.05, 4.69) is 25.1 Å². The van der Waals surface area contributed by atoms with E-state index in [1.807, 2.05) is 59.5 Å². The maximum Gasteiger partial charge on any atom is 0.254 e. The molecule has 1 atom stereocenters. The molecule has 1 fully saturated rings.